The average molecular weight is 1160 g/mol. The van der Waals surface area contributed by atoms with Gasteiger partial charge >= 0.3 is 12.1 Å². The summed E-state index contributed by atoms with van der Waals surface area (Å²) in [6, 6.07) is 45.5. The molecular weight excluding hydrogens is 1080 g/mol. The summed E-state index contributed by atoms with van der Waals surface area (Å²) in [4.78, 5) is 47.2. The van der Waals surface area contributed by atoms with Crippen LogP contribution in [0.25, 0.3) is 32.9 Å². The number of pyridine rings is 2. The number of rotatable bonds is 18. The van der Waals surface area contributed by atoms with Crippen LogP contribution in [0.2, 0.25) is 0 Å². The number of anilines is 6. The van der Waals surface area contributed by atoms with Crippen LogP contribution in [0.5, 0.6) is 11.5 Å². The van der Waals surface area contributed by atoms with Gasteiger partial charge in [-0.1, -0.05) is 125 Å². The van der Waals surface area contributed by atoms with Crippen LogP contribution < -0.4 is 41.8 Å². The van der Waals surface area contributed by atoms with Crippen molar-refractivity contribution in [2.24, 2.45) is 0 Å². The van der Waals surface area contributed by atoms with Crippen molar-refractivity contribution in [3.8, 4) is 22.9 Å². The Labute approximate surface area is 500 Å². The molecule has 6 aromatic carbocycles. The minimum atomic E-state index is -0.402. The van der Waals surface area contributed by atoms with Crippen molar-refractivity contribution in [3.05, 3.63) is 204 Å². The molecular formula is C67H72N12O7. The van der Waals surface area contributed by atoms with Gasteiger partial charge in [-0.15, -0.1) is 0 Å². The number of benzene rings is 6. The highest BCUT2D eigenvalue weighted by Crippen LogP contribution is 2.36. The molecule has 0 aliphatic rings. The lowest BCUT2D eigenvalue weighted by atomic mass is 9.92. The fourth-order valence-electron chi connectivity index (χ4n) is 9.02. The predicted molar refractivity (Wildman–Crippen MR) is 340 cm³/mol. The fraction of sp³-hybridized carbons (Fsp3) is 0.239. The number of nitrogens with two attached hydrogens (primary N) is 1. The number of hydrogen-bond donors (Lipinski definition) is 6. The van der Waals surface area contributed by atoms with E-state index in [-0.39, 0.29) is 36.0 Å². The highest BCUT2D eigenvalue weighted by molar-refractivity contribution is 6.08. The van der Waals surface area contributed by atoms with Gasteiger partial charge in [-0.25, -0.2) is 19.0 Å². The van der Waals surface area contributed by atoms with Crippen LogP contribution >= 0.6 is 0 Å². The number of methoxy groups -OCH3 is 1. The van der Waals surface area contributed by atoms with Crippen molar-refractivity contribution in [1.29, 1.82) is 0 Å². The molecule has 0 aliphatic heterocycles. The number of nitrogens with zero attached hydrogens (tertiary/aromatic N) is 6. The van der Waals surface area contributed by atoms with E-state index in [2.05, 4.69) is 78.1 Å². The molecule has 19 nitrogen and oxygen atoms in total. The van der Waals surface area contributed by atoms with Gasteiger partial charge in [-0.05, 0) is 74.5 Å². The zero-order valence-electron chi connectivity index (χ0n) is 49.8. The van der Waals surface area contributed by atoms with Crippen LogP contribution in [-0.2, 0) is 38.3 Å². The minimum Gasteiger partial charge on any atom is -0.488 e. The maximum Gasteiger partial charge on any atom is 0.324 e. The van der Waals surface area contributed by atoms with E-state index < -0.39 is 6.03 Å². The molecule has 4 aromatic heterocycles. The minimum absolute atomic E-state index is 0.0999. The molecule has 10 aromatic rings. The number of carbonyl (C=O) groups excluding carboxylic acids is 3. The summed E-state index contributed by atoms with van der Waals surface area (Å²) in [7, 11) is 1.57. The normalized spacial score (nSPS) is 11.4. The van der Waals surface area contributed by atoms with Crippen LogP contribution in [0.1, 0.15) is 75.2 Å². The topological polar surface area (TPSA) is 236 Å². The van der Waals surface area contributed by atoms with Gasteiger partial charge in [-0.2, -0.15) is 10.2 Å². The van der Waals surface area contributed by atoms with E-state index >= 15 is 0 Å². The Morgan fingerprint density at radius 1 is 0.512 bits per heavy atom. The van der Waals surface area contributed by atoms with Gasteiger partial charge in [-0.3, -0.25) is 25.4 Å². The number of nitrogen functional groups attached to an aromatic ring is 1. The zero-order chi connectivity index (χ0) is 61.0. The lowest BCUT2D eigenvalue weighted by Crippen LogP contribution is -2.21. The number of urea groups is 2. The Balaban J connectivity index is 0.000000209. The third-order valence-corrected chi connectivity index (χ3v) is 13.8. The van der Waals surface area contributed by atoms with Crippen molar-refractivity contribution >= 4 is 73.9 Å². The van der Waals surface area contributed by atoms with Crippen LogP contribution in [0.15, 0.2) is 170 Å². The molecule has 19 heteroatoms. The van der Waals surface area contributed by atoms with Gasteiger partial charge in [0.1, 0.15) is 43.0 Å². The van der Waals surface area contributed by atoms with E-state index in [1.54, 1.807) is 47.3 Å². The monoisotopic (exact) mass is 1160 g/mol. The maximum absolute atomic E-state index is 13.4. The number of fused-ring (bicyclic) bond motifs is 2. The van der Waals surface area contributed by atoms with Crippen LogP contribution in [0.4, 0.5) is 44.0 Å². The van der Waals surface area contributed by atoms with Crippen molar-refractivity contribution in [1.82, 2.24) is 29.5 Å². The molecule has 5 amide bonds. The summed E-state index contributed by atoms with van der Waals surface area (Å²) in [6.07, 6.45) is 6.51. The molecule has 0 saturated carbocycles. The Morgan fingerprint density at radius 2 is 0.965 bits per heavy atom. The second-order valence-corrected chi connectivity index (χ2v) is 22.6. The SMILES string of the molecule is COCCOCC(=O)Nc1cnccc1COc1ccc(NC(=O)Nc2cc(C(C)(C)C)nn2-c2ccc(C)cc2)c2ccccc12.Cc1ccc(-n2nc(C(C)(C)C)cc2NC(=O)Nc2ccc(OCc3ccncc3N)c3ccccc23)cc1. The number of aromatic nitrogens is 6. The summed E-state index contributed by atoms with van der Waals surface area (Å²) in [5.41, 5.74) is 15.3. The van der Waals surface area contributed by atoms with Gasteiger partial charge in [0.15, 0.2) is 0 Å². The molecule has 0 unspecified atom stereocenters. The number of carbonyl (C=O) groups is 3. The number of hydrogen-bond acceptors (Lipinski definition) is 12. The van der Waals surface area contributed by atoms with Gasteiger partial charge in [0.05, 0.1) is 71.1 Å². The largest absolute Gasteiger partial charge is 0.488 e. The number of amides is 5. The quantitative estimate of drug-likeness (QED) is 0.0440. The molecule has 0 atom stereocenters. The second-order valence-electron chi connectivity index (χ2n) is 22.6. The summed E-state index contributed by atoms with van der Waals surface area (Å²) in [5.74, 6) is 2.16. The van der Waals surface area contributed by atoms with Gasteiger partial charge < -0.3 is 40.6 Å². The number of aryl methyl sites for hydroxylation is 2. The summed E-state index contributed by atoms with van der Waals surface area (Å²) in [6.45, 7) is 17.7. The molecule has 0 radical (unpaired) electrons. The molecule has 0 fully saturated rings. The predicted octanol–water partition coefficient (Wildman–Crippen LogP) is 13.7. The lowest BCUT2D eigenvalue weighted by Gasteiger charge is -2.15. The van der Waals surface area contributed by atoms with Crippen molar-refractivity contribution in [2.45, 2.75) is 79.4 Å². The summed E-state index contributed by atoms with van der Waals surface area (Å²) in [5, 5.41) is 27.8. The molecule has 10 rings (SSSR count). The lowest BCUT2D eigenvalue weighted by molar-refractivity contribution is -0.121. The zero-order valence-corrected chi connectivity index (χ0v) is 49.8. The fourth-order valence-corrected chi connectivity index (χ4v) is 9.02. The van der Waals surface area contributed by atoms with Gasteiger partial charge in [0.25, 0.3) is 0 Å². The summed E-state index contributed by atoms with van der Waals surface area (Å²) >= 11 is 0. The first-order valence-corrected chi connectivity index (χ1v) is 28.1. The second kappa shape index (κ2) is 27.1. The first kappa shape index (κ1) is 60.5. The standard InChI is InChI=1S/C36H40N6O5.C31H32N6O2/c1-24-10-12-26(13-11-24)42-33(20-32(41-42)36(2,3)4)40-35(44)39-29-14-15-31(28-9-7-6-8-27(28)29)47-22-25-16-17-37-21-30(25)38-34(43)23-46-19-18-45-5;1-20-9-11-22(12-10-20)37-29(17-28(36-37)31(2,3)4)35-30(38)34-26-13-14-27(24-8-6-5-7-23(24)26)39-19-21-15-16-33-18-25(21)32/h6-17,20-21H,18-19,22-23H2,1-5H3,(H,38,43)(H2,39,40,44);5-18H,19,32H2,1-4H3,(H2,34,35,38). The van der Waals surface area contributed by atoms with E-state index in [4.69, 9.17) is 34.9 Å². The molecule has 0 bridgehead atoms. The third kappa shape index (κ3) is 15.4. The first-order valence-electron chi connectivity index (χ1n) is 28.1. The van der Waals surface area contributed by atoms with E-state index in [9.17, 15) is 14.4 Å². The molecule has 442 valence electrons. The van der Waals surface area contributed by atoms with Crippen molar-refractivity contribution < 1.29 is 33.3 Å². The molecule has 0 spiro atoms. The van der Waals surface area contributed by atoms with E-state index in [1.807, 2.05) is 153 Å². The smallest absolute Gasteiger partial charge is 0.324 e. The highest BCUT2D eigenvalue weighted by atomic mass is 16.5. The number of nitrogens with one attached hydrogen (secondary N) is 5. The molecule has 7 N–H and O–H groups in total. The molecule has 86 heavy (non-hydrogen) atoms. The maximum atomic E-state index is 13.4. The Morgan fingerprint density at radius 3 is 1.43 bits per heavy atom. The first-order chi connectivity index (χ1) is 41.3. The Kier molecular flexibility index (Phi) is 19.0. The molecule has 0 saturated heterocycles. The van der Waals surface area contributed by atoms with Crippen LogP contribution in [0.3, 0.4) is 0 Å². The summed E-state index contributed by atoms with van der Waals surface area (Å²) < 4.78 is 26.1. The van der Waals surface area contributed by atoms with E-state index in [0.29, 0.717) is 65.7 Å². The third-order valence-electron chi connectivity index (χ3n) is 13.8. The van der Waals surface area contributed by atoms with Crippen molar-refractivity contribution in [2.75, 3.05) is 59.2 Å². The van der Waals surface area contributed by atoms with Crippen LogP contribution in [-0.4, -0.2) is 74.4 Å². The van der Waals surface area contributed by atoms with Crippen LogP contribution in [0, 0.1) is 13.8 Å². The van der Waals surface area contributed by atoms with Gasteiger partial charge in [0, 0.05) is 75.1 Å². The Hall–Kier alpha value is -10.1. The van der Waals surface area contributed by atoms with Gasteiger partial charge in [0.2, 0.25) is 5.91 Å². The van der Waals surface area contributed by atoms with E-state index in [1.165, 1.54) is 0 Å². The van der Waals surface area contributed by atoms with Crippen molar-refractivity contribution in [3.63, 3.8) is 0 Å². The number of ether oxygens (including phenoxy) is 4. The van der Waals surface area contributed by atoms with E-state index in [0.717, 1.165) is 66.6 Å². The molecule has 0 aliphatic carbocycles. The average Bonchev–Trinajstić information content (AvgIpc) is 3.22. The Bertz CT molecular complexity index is 4000. The molecule has 4 heterocycles. The highest BCUT2D eigenvalue weighted by Gasteiger charge is 2.24.